The van der Waals surface area contributed by atoms with Crippen molar-refractivity contribution in [2.24, 2.45) is 22.7 Å². The van der Waals surface area contributed by atoms with Gasteiger partial charge in [0.15, 0.2) is 0 Å². The molecule has 9 heteroatoms. The van der Waals surface area contributed by atoms with E-state index in [-0.39, 0.29) is 23.4 Å². The molecule has 1 saturated heterocycles. The summed E-state index contributed by atoms with van der Waals surface area (Å²) in [4.78, 5) is 25.3. The second-order valence-electron chi connectivity index (χ2n) is 11.2. The quantitative estimate of drug-likeness (QED) is 0.417. The van der Waals surface area contributed by atoms with Crippen LogP contribution in [0.25, 0.3) is 0 Å². The molecule has 10 unspecified atom stereocenters. The molecule has 2 aliphatic heterocycles. The number of hydrogen-bond acceptors (Lipinski definition) is 9. The van der Waals surface area contributed by atoms with Crippen LogP contribution in [0.4, 0.5) is 0 Å². The van der Waals surface area contributed by atoms with Crippen LogP contribution in [-0.4, -0.2) is 75.8 Å². The minimum atomic E-state index is -1.65. The fourth-order valence-electron chi connectivity index (χ4n) is 6.83. The van der Waals surface area contributed by atoms with Gasteiger partial charge >= 0.3 is 11.9 Å². The predicted octanol–water partition coefficient (Wildman–Crippen LogP) is 1.37. The number of allylic oxidation sites excluding steroid dienone is 1. The van der Waals surface area contributed by atoms with Gasteiger partial charge in [-0.15, -0.1) is 0 Å². The second kappa shape index (κ2) is 9.59. The van der Waals surface area contributed by atoms with Crippen molar-refractivity contribution in [2.45, 2.75) is 96.6 Å². The molecule has 2 aliphatic carbocycles. The fourth-order valence-corrected chi connectivity index (χ4v) is 6.83. The number of fused-ring (bicyclic) bond motifs is 1. The Balaban J connectivity index is 1.55. The van der Waals surface area contributed by atoms with Crippen molar-refractivity contribution >= 4 is 11.9 Å². The molecule has 2 heterocycles. The average Bonchev–Trinajstić information content (AvgIpc) is 3.12. The van der Waals surface area contributed by atoms with Crippen molar-refractivity contribution in [3.05, 3.63) is 23.3 Å². The fraction of sp³-hybridized carbons (Fsp3) is 0.769. The lowest BCUT2D eigenvalue weighted by atomic mass is 9.46. The van der Waals surface area contributed by atoms with Crippen LogP contribution in [-0.2, 0) is 23.8 Å². The molecule has 4 aliphatic rings. The number of rotatable bonds is 5. The van der Waals surface area contributed by atoms with Gasteiger partial charge in [0.25, 0.3) is 0 Å². The Kier molecular flexibility index (Phi) is 7.20. The second-order valence-corrected chi connectivity index (χ2v) is 11.2. The van der Waals surface area contributed by atoms with E-state index in [2.05, 4.69) is 20.8 Å². The summed E-state index contributed by atoms with van der Waals surface area (Å²) in [5.41, 5.74) is 0.745. The van der Waals surface area contributed by atoms with Gasteiger partial charge in [-0.2, -0.15) is 0 Å². The lowest BCUT2D eigenvalue weighted by molar-refractivity contribution is -0.291. The van der Waals surface area contributed by atoms with E-state index in [1.807, 2.05) is 13.0 Å². The smallest absolute Gasteiger partial charge is 0.336 e. The van der Waals surface area contributed by atoms with E-state index in [0.717, 1.165) is 24.8 Å². The zero-order valence-electron chi connectivity index (χ0n) is 20.8. The van der Waals surface area contributed by atoms with Crippen molar-refractivity contribution in [1.29, 1.82) is 0 Å². The van der Waals surface area contributed by atoms with E-state index in [4.69, 9.17) is 14.2 Å². The molecule has 35 heavy (non-hydrogen) atoms. The van der Waals surface area contributed by atoms with E-state index < -0.39 is 48.7 Å². The van der Waals surface area contributed by atoms with Gasteiger partial charge in [-0.3, -0.25) is 0 Å². The maximum Gasteiger partial charge on any atom is 0.336 e. The van der Waals surface area contributed by atoms with Gasteiger partial charge in [0.05, 0.1) is 6.61 Å². The highest BCUT2D eigenvalue weighted by atomic mass is 16.7. The summed E-state index contributed by atoms with van der Waals surface area (Å²) < 4.78 is 16.5. The van der Waals surface area contributed by atoms with Gasteiger partial charge < -0.3 is 34.6 Å². The Hall–Kier alpha value is -1.78. The van der Waals surface area contributed by atoms with Crippen LogP contribution in [0.1, 0.15) is 59.8 Å². The first-order chi connectivity index (χ1) is 16.4. The van der Waals surface area contributed by atoms with Crippen molar-refractivity contribution < 1.29 is 44.2 Å². The largest absolute Gasteiger partial charge is 0.455 e. The zero-order valence-corrected chi connectivity index (χ0v) is 20.8. The SMILES string of the molecule is CC1=CC(=O)OC1CC1(C)C(C)CCC2(C)C(C(=O)OC3OC(CO)C(O)C(O)C3O)=CCCC21. The highest BCUT2D eigenvalue weighted by Gasteiger charge is 2.57. The number of hydrogen-bond donors (Lipinski definition) is 4. The number of esters is 2. The molecular formula is C26H38O9. The van der Waals surface area contributed by atoms with Crippen molar-refractivity contribution in [2.75, 3.05) is 6.61 Å². The molecule has 0 aromatic rings. The number of ether oxygens (including phenoxy) is 3. The summed E-state index contributed by atoms with van der Waals surface area (Å²) in [6, 6.07) is 0. The van der Waals surface area contributed by atoms with Crippen LogP contribution >= 0.6 is 0 Å². The summed E-state index contributed by atoms with van der Waals surface area (Å²) in [7, 11) is 0. The first-order valence-corrected chi connectivity index (χ1v) is 12.5. The maximum absolute atomic E-state index is 13.4. The van der Waals surface area contributed by atoms with Crippen molar-refractivity contribution in [3.8, 4) is 0 Å². The van der Waals surface area contributed by atoms with Gasteiger partial charge in [0.1, 0.15) is 30.5 Å². The van der Waals surface area contributed by atoms with E-state index in [1.165, 1.54) is 0 Å². The number of carbonyl (C=O) groups is 2. The standard InChI is InChI=1S/C26H38O9/c1-13-10-19(28)33-16(13)11-26(4)14(2)8-9-25(3)15(6-5-7-18(25)26)23(32)35-24-22(31)21(30)20(29)17(12-27)34-24/h6,10,14,16-18,20-22,24,27,29-31H,5,7-9,11-12H2,1-4H3. The number of cyclic esters (lactones) is 1. The molecular weight excluding hydrogens is 456 g/mol. The van der Waals surface area contributed by atoms with Gasteiger partial charge in [-0.25, -0.2) is 9.59 Å². The predicted molar refractivity (Wildman–Crippen MR) is 124 cm³/mol. The van der Waals surface area contributed by atoms with Crippen molar-refractivity contribution in [1.82, 2.24) is 0 Å². The van der Waals surface area contributed by atoms with Crippen molar-refractivity contribution in [3.63, 3.8) is 0 Å². The topological polar surface area (TPSA) is 143 Å². The lowest BCUT2D eigenvalue weighted by Crippen LogP contribution is -2.59. The van der Waals surface area contributed by atoms with Crippen LogP contribution in [0.15, 0.2) is 23.3 Å². The van der Waals surface area contributed by atoms with Crippen LogP contribution < -0.4 is 0 Å². The molecule has 0 radical (unpaired) electrons. The van der Waals surface area contributed by atoms with E-state index in [0.29, 0.717) is 24.3 Å². The molecule has 0 bridgehead atoms. The Morgan fingerprint density at radius 2 is 1.89 bits per heavy atom. The van der Waals surface area contributed by atoms with Crippen LogP contribution in [0.2, 0.25) is 0 Å². The Bertz CT molecular complexity index is 910. The highest BCUT2D eigenvalue weighted by Crippen LogP contribution is 2.62. The molecule has 0 amide bonds. The minimum Gasteiger partial charge on any atom is -0.455 e. The van der Waals surface area contributed by atoms with Crippen LogP contribution in [0, 0.1) is 22.7 Å². The average molecular weight is 495 g/mol. The Morgan fingerprint density at radius 3 is 2.51 bits per heavy atom. The van der Waals surface area contributed by atoms with Crippen LogP contribution in [0.5, 0.6) is 0 Å². The van der Waals surface area contributed by atoms with Gasteiger partial charge in [-0.1, -0.05) is 26.8 Å². The molecule has 2 fully saturated rings. The normalized spacial score (nSPS) is 45.8. The number of aliphatic hydroxyl groups excluding tert-OH is 4. The first kappa shape index (κ1) is 26.3. The van der Waals surface area contributed by atoms with E-state index in [9.17, 15) is 30.0 Å². The van der Waals surface area contributed by atoms with Gasteiger partial charge in [-0.05, 0) is 61.9 Å². The van der Waals surface area contributed by atoms with E-state index in [1.54, 1.807) is 6.08 Å². The third kappa shape index (κ3) is 4.46. The van der Waals surface area contributed by atoms with Gasteiger partial charge in [0.2, 0.25) is 6.29 Å². The molecule has 0 spiro atoms. The molecule has 4 N–H and O–H groups in total. The summed E-state index contributed by atoms with van der Waals surface area (Å²) >= 11 is 0. The van der Waals surface area contributed by atoms with Gasteiger partial charge in [0, 0.05) is 17.1 Å². The number of carbonyl (C=O) groups excluding carboxylic acids is 2. The summed E-state index contributed by atoms with van der Waals surface area (Å²) in [6.45, 7) is 7.84. The summed E-state index contributed by atoms with van der Waals surface area (Å²) in [6.07, 6.45) is -0.376. The zero-order chi connectivity index (χ0) is 25.7. The molecule has 0 aromatic carbocycles. The number of aliphatic hydroxyl groups is 4. The molecule has 1 saturated carbocycles. The third-order valence-corrected chi connectivity index (χ3v) is 9.24. The highest BCUT2D eigenvalue weighted by molar-refractivity contribution is 5.90. The van der Waals surface area contributed by atoms with E-state index >= 15 is 0 Å². The molecule has 9 nitrogen and oxygen atoms in total. The maximum atomic E-state index is 13.4. The Morgan fingerprint density at radius 1 is 1.17 bits per heavy atom. The van der Waals surface area contributed by atoms with Crippen LogP contribution in [0.3, 0.4) is 0 Å². The molecule has 4 rings (SSSR count). The lowest BCUT2D eigenvalue weighted by Gasteiger charge is -2.58. The monoisotopic (exact) mass is 494 g/mol. The molecule has 196 valence electrons. The molecule has 10 atom stereocenters. The Labute approximate surface area is 205 Å². The minimum absolute atomic E-state index is 0.133. The molecule has 0 aromatic heterocycles. The summed E-state index contributed by atoms with van der Waals surface area (Å²) in [5, 5.41) is 39.8. The first-order valence-electron chi connectivity index (χ1n) is 12.5. The summed E-state index contributed by atoms with van der Waals surface area (Å²) in [5.74, 6) is -0.460. The third-order valence-electron chi connectivity index (χ3n) is 9.24.